The third kappa shape index (κ3) is 2.91. The summed E-state index contributed by atoms with van der Waals surface area (Å²) in [7, 11) is 0. The summed E-state index contributed by atoms with van der Waals surface area (Å²) in [5.41, 5.74) is 6.63. The zero-order valence-corrected chi connectivity index (χ0v) is 11.0. The smallest absolute Gasteiger partial charge is 0.143 e. The van der Waals surface area contributed by atoms with E-state index in [0.29, 0.717) is 11.6 Å². The molecule has 1 fully saturated rings. The predicted octanol–water partition coefficient (Wildman–Crippen LogP) is 3.99. The molecule has 0 aromatic heterocycles. The fourth-order valence-electron chi connectivity index (χ4n) is 2.20. The quantitative estimate of drug-likeness (QED) is 0.852. The van der Waals surface area contributed by atoms with Crippen LogP contribution in [0, 0.1) is 5.92 Å². The van der Waals surface area contributed by atoms with Gasteiger partial charge in [-0.05, 0) is 46.8 Å². The van der Waals surface area contributed by atoms with E-state index in [1.54, 1.807) is 0 Å². The van der Waals surface area contributed by atoms with Crippen LogP contribution in [-0.4, -0.2) is 6.61 Å². The molecule has 1 aromatic carbocycles. The van der Waals surface area contributed by atoms with Gasteiger partial charge in [-0.2, -0.15) is 0 Å². The van der Waals surface area contributed by atoms with Gasteiger partial charge >= 0.3 is 0 Å². The molecule has 0 radical (unpaired) electrons. The third-order valence-corrected chi connectivity index (χ3v) is 3.90. The van der Waals surface area contributed by atoms with E-state index in [9.17, 15) is 0 Å². The summed E-state index contributed by atoms with van der Waals surface area (Å²) in [5, 5.41) is 0. The molecule has 88 valence electrons. The van der Waals surface area contributed by atoms with Crippen molar-refractivity contribution >= 4 is 21.6 Å². The lowest BCUT2D eigenvalue weighted by molar-refractivity contribution is 0.209. The highest BCUT2D eigenvalue weighted by Crippen LogP contribution is 2.31. The second-order valence-electron chi connectivity index (χ2n) is 4.47. The van der Waals surface area contributed by atoms with Crippen molar-refractivity contribution in [2.24, 2.45) is 5.92 Å². The molecule has 0 bridgehead atoms. The maximum absolute atomic E-state index is 5.93. The van der Waals surface area contributed by atoms with Gasteiger partial charge < -0.3 is 10.5 Å². The van der Waals surface area contributed by atoms with Gasteiger partial charge in [-0.15, -0.1) is 0 Å². The lowest BCUT2D eigenvalue weighted by Gasteiger charge is -2.22. The van der Waals surface area contributed by atoms with E-state index >= 15 is 0 Å². The molecule has 3 heteroatoms. The molecule has 0 aliphatic heterocycles. The average Bonchev–Trinajstić information content (AvgIpc) is 2.32. The molecular weight excluding hydrogens is 266 g/mol. The molecule has 1 saturated carbocycles. The van der Waals surface area contributed by atoms with Crippen molar-refractivity contribution in [3.63, 3.8) is 0 Å². The van der Waals surface area contributed by atoms with Gasteiger partial charge in [-0.3, -0.25) is 0 Å². The average molecular weight is 284 g/mol. The van der Waals surface area contributed by atoms with Gasteiger partial charge in [0.1, 0.15) is 5.75 Å². The van der Waals surface area contributed by atoms with Crippen LogP contribution < -0.4 is 10.5 Å². The van der Waals surface area contributed by atoms with Gasteiger partial charge in [0.2, 0.25) is 0 Å². The van der Waals surface area contributed by atoms with E-state index in [1.165, 1.54) is 32.1 Å². The predicted molar refractivity (Wildman–Crippen MR) is 70.6 cm³/mol. The van der Waals surface area contributed by atoms with Gasteiger partial charge in [0, 0.05) is 4.47 Å². The molecule has 1 aliphatic rings. The Hall–Kier alpha value is -0.700. The van der Waals surface area contributed by atoms with Crippen LogP contribution in [0.4, 0.5) is 5.69 Å². The Bertz CT molecular complexity index is 348. The molecule has 0 unspecified atom stereocenters. The number of nitrogens with two attached hydrogens (primary N) is 1. The Balaban J connectivity index is 1.91. The Morgan fingerprint density at radius 2 is 2.00 bits per heavy atom. The van der Waals surface area contributed by atoms with Crippen LogP contribution in [0.25, 0.3) is 0 Å². The van der Waals surface area contributed by atoms with Crippen molar-refractivity contribution in [3.8, 4) is 5.75 Å². The van der Waals surface area contributed by atoms with Gasteiger partial charge in [0.25, 0.3) is 0 Å². The molecule has 2 N–H and O–H groups in total. The van der Waals surface area contributed by atoms with Crippen LogP contribution >= 0.6 is 15.9 Å². The van der Waals surface area contributed by atoms with E-state index in [-0.39, 0.29) is 0 Å². The molecular formula is C13H18BrNO. The van der Waals surface area contributed by atoms with E-state index < -0.39 is 0 Å². The molecule has 0 spiro atoms. The Morgan fingerprint density at radius 1 is 1.25 bits per heavy atom. The summed E-state index contributed by atoms with van der Waals surface area (Å²) in [6.07, 6.45) is 6.68. The van der Waals surface area contributed by atoms with E-state index in [1.807, 2.05) is 18.2 Å². The number of hydrogen-bond acceptors (Lipinski definition) is 2. The summed E-state index contributed by atoms with van der Waals surface area (Å²) in [4.78, 5) is 0. The fraction of sp³-hybridized carbons (Fsp3) is 0.538. The number of anilines is 1. The van der Waals surface area contributed by atoms with E-state index in [4.69, 9.17) is 10.5 Å². The summed E-state index contributed by atoms with van der Waals surface area (Å²) < 4.78 is 6.71. The minimum atomic E-state index is 0.707. The highest BCUT2D eigenvalue weighted by atomic mass is 79.9. The molecule has 1 aliphatic carbocycles. The molecule has 0 amide bonds. The minimum absolute atomic E-state index is 0.707. The van der Waals surface area contributed by atoms with Crippen LogP contribution in [0.1, 0.15) is 32.1 Å². The van der Waals surface area contributed by atoms with E-state index in [0.717, 1.165) is 16.8 Å². The van der Waals surface area contributed by atoms with Crippen LogP contribution in [0.15, 0.2) is 22.7 Å². The standard InChI is InChI=1S/C13H18BrNO/c14-11-7-4-8-12(13(11)15)16-9-10-5-2-1-3-6-10/h4,7-8,10H,1-3,5-6,9,15H2. The second-order valence-corrected chi connectivity index (χ2v) is 5.32. The summed E-state index contributed by atoms with van der Waals surface area (Å²) in [6, 6.07) is 5.82. The normalized spacial score (nSPS) is 17.3. The number of nitrogen functional groups attached to an aromatic ring is 1. The van der Waals surface area contributed by atoms with Crippen molar-refractivity contribution in [2.45, 2.75) is 32.1 Å². The molecule has 0 atom stereocenters. The maximum atomic E-state index is 5.93. The second kappa shape index (κ2) is 5.58. The van der Waals surface area contributed by atoms with Crippen molar-refractivity contribution in [1.82, 2.24) is 0 Å². The van der Waals surface area contributed by atoms with Crippen LogP contribution in [0.2, 0.25) is 0 Å². The van der Waals surface area contributed by atoms with Crippen LogP contribution in [-0.2, 0) is 0 Å². The Kier molecular flexibility index (Phi) is 4.10. The zero-order chi connectivity index (χ0) is 11.4. The van der Waals surface area contributed by atoms with Crippen molar-refractivity contribution < 1.29 is 4.74 Å². The minimum Gasteiger partial charge on any atom is -0.491 e. The number of halogens is 1. The lowest BCUT2D eigenvalue weighted by atomic mass is 9.90. The molecule has 0 heterocycles. The van der Waals surface area contributed by atoms with Crippen molar-refractivity contribution in [2.75, 3.05) is 12.3 Å². The van der Waals surface area contributed by atoms with E-state index in [2.05, 4.69) is 15.9 Å². The summed E-state index contributed by atoms with van der Waals surface area (Å²) in [6.45, 7) is 0.806. The number of para-hydroxylation sites is 1. The Morgan fingerprint density at radius 3 is 2.75 bits per heavy atom. The first-order valence-electron chi connectivity index (χ1n) is 5.94. The highest BCUT2D eigenvalue weighted by Gasteiger charge is 2.14. The van der Waals surface area contributed by atoms with Gasteiger partial charge in [0.15, 0.2) is 0 Å². The highest BCUT2D eigenvalue weighted by molar-refractivity contribution is 9.10. The number of benzene rings is 1. The van der Waals surface area contributed by atoms with Gasteiger partial charge in [-0.25, -0.2) is 0 Å². The first-order valence-corrected chi connectivity index (χ1v) is 6.73. The summed E-state index contributed by atoms with van der Waals surface area (Å²) >= 11 is 3.41. The zero-order valence-electron chi connectivity index (χ0n) is 9.42. The number of rotatable bonds is 3. The van der Waals surface area contributed by atoms with Gasteiger partial charge in [-0.1, -0.05) is 25.3 Å². The third-order valence-electron chi connectivity index (χ3n) is 3.21. The first kappa shape index (κ1) is 11.8. The molecule has 2 rings (SSSR count). The lowest BCUT2D eigenvalue weighted by Crippen LogP contribution is -2.15. The topological polar surface area (TPSA) is 35.2 Å². The molecule has 2 nitrogen and oxygen atoms in total. The first-order chi connectivity index (χ1) is 7.77. The summed E-state index contributed by atoms with van der Waals surface area (Å²) in [5.74, 6) is 1.52. The largest absolute Gasteiger partial charge is 0.491 e. The SMILES string of the molecule is Nc1c(Br)cccc1OCC1CCCCC1. The monoisotopic (exact) mass is 283 g/mol. The number of hydrogen-bond donors (Lipinski definition) is 1. The molecule has 16 heavy (non-hydrogen) atoms. The van der Waals surface area contributed by atoms with Crippen LogP contribution in [0.3, 0.4) is 0 Å². The van der Waals surface area contributed by atoms with Crippen LogP contribution in [0.5, 0.6) is 5.75 Å². The van der Waals surface area contributed by atoms with Gasteiger partial charge in [0.05, 0.1) is 12.3 Å². The van der Waals surface area contributed by atoms with Crippen molar-refractivity contribution in [1.29, 1.82) is 0 Å². The molecule has 1 aromatic rings. The fourth-order valence-corrected chi connectivity index (χ4v) is 2.55. The maximum Gasteiger partial charge on any atom is 0.143 e. The number of ether oxygens (including phenoxy) is 1. The Labute approximate surface area is 105 Å². The molecule has 0 saturated heterocycles. The van der Waals surface area contributed by atoms with Crippen molar-refractivity contribution in [3.05, 3.63) is 22.7 Å².